The molecule has 2 amide bonds. The maximum Gasteiger partial charge on any atom is 0.308 e. The molecule has 0 spiro atoms. The van der Waals surface area contributed by atoms with Gasteiger partial charge in [0.15, 0.2) is 6.61 Å². The Balaban J connectivity index is 1.66. The Labute approximate surface area is 167 Å². The van der Waals surface area contributed by atoms with Gasteiger partial charge >= 0.3 is 5.97 Å². The lowest BCUT2D eigenvalue weighted by molar-refractivity contribution is -0.151. The number of rotatable bonds is 9. The third kappa shape index (κ3) is 7.20. The highest BCUT2D eigenvalue weighted by Crippen LogP contribution is 2.20. The molecule has 10 heteroatoms. The van der Waals surface area contributed by atoms with Gasteiger partial charge < -0.3 is 20.3 Å². The van der Waals surface area contributed by atoms with E-state index in [1.165, 1.54) is 7.05 Å². The van der Waals surface area contributed by atoms with E-state index >= 15 is 0 Å². The van der Waals surface area contributed by atoms with Crippen molar-refractivity contribution in [2.45, 2.75) is 6.42 Å². The molecule has 28 heavy (non-hydrogen) atoms. The van der Waals surface area contributed by atoms with Crippen LogP contribution < -0.4 is 10.6 Å². The summed E-state index contributed by atoms with van der Waals surface area (Å²) in [5, 5.41) is 5.87. The number of benzene rings is 1. The van der Waals surface area contributed by atoms with Crippen molar-refractivity contribution in [3.8, 4) is 0 Å². The predicted molar refractivity (Wildman–Crippen MR) is 104 cm³/mol. The van der Waals surface area contributed by atoms with E-state index in [0.29, 0.717) is 16.7 Å². The number of anilines is 2. The highest BCUT2D eigenvalue weighted by Gasteiger charge is 2.15. The van der Waals surface area contributed by atoms with Gasteiger partial charge in [-0.1, -0.05) is 23.7 Å². The third-order valence-electron chi connectivity index (χ3n) is 3.49. The fraction of sp³-hybridized carbons (Fsp3) is 0.278. The van der Waals surface area contributed by atoms with E-state index in [-0.39, 0.29) is 19.5 Å². The lowest BCUT2D eigenvalue weighted by atomic mass is 10.3. The van der Waals surface area contributed by atoms with Gasteiger partial charge in [0.25, 0.3) is 5.91 Å². The summed E-state index contributed by atoms with van der Waals surface area (Å²) in [4.78, 5) is 44.8. The number of halogens is 1. The van der Waals surface area contributed by atoms with Crippen LogP contribution in [0.5, 0.6) is 0 Å². The monoisotopic (exact) mass is 405 g/mol. The number of ether oxygens (including phenoxy) is 1. The minimum Gasteiger partial charge on any atom is -0.456 e. The van der Waals surface area contributed by atoms with Crippen LogP contribution in [0.2, 0.25) is 5.02 Å². The van der Waals surface area contributed by atoms with Crippen LogP contribution >= 0.6 is 11.6 Å². The molecule has 0 aliphatic heterocycles. The molecular formula is C18H20ClN5O4. The maximum absolute atomic E-state index is 12.0. The van der Waals surface area contributed by atoms with Crippen molar-refractivity contribution < 1.29 is 19.1 Å². The average Bonchev–Trinajstić information content (AvgIpc) is 2.68. The fourth-order valence-corrected chi connectivity index (χ4v) is 2.23. The molecular weight excluding hydrogens is 386 g/mol. The van der Waals surface area contributed by atoms with Gasteiger partial charge in [0, 0.05) is 26.0 Å². The number of nitrogens with zero attached hydrogens (tertiary/aromatic N) is 3. The zero-order valence-corrected chi connectivity index (χ0v) is 16.0. The molecule has 9 nitrogen and oxygen atoms in total. The van der Waals surface area contributed by atoms with E-state index in [9.17, 15) is 14.4 Å². The Morgan fingerprint density at radius 3 is 2.57 bits per heavy atom. The second-order valence-corrected chi connectivity index (χ2v) is 6.09. The van der Waals surface area contributed by atoms with Gasteiger partial charge in [0.1, 0.15) is 0 Å². The van der Waals surface area contributed by atoms with Crippen LogP contribution in [0.25, 0.3) is 0 Å². The molecule has 1 aromatic carbocycles. The Kier molecular flexibility index (Phi) is 8.16. The van der Waals surface area contributed by atoms with E-state index in [1.54, 1.807) is 42.7 Å². The van der Waals surface area contributed by atoms with Gasteiger partial charge in [0.05, 0.1) is 23.7 Å². The van der Waals surface area contributed by atoms with Crippen molar-refractivity contribution in [1.29, 1.82) is 0 Å². The lowest BCUT2D eigenvalue weighted by Crippen LogP contribution is -2.37. The topological polar surface area (TPSA) is 114 Å². The molecule has 0 aliphatic rings. The molecule has 0 atom stereocenters. The van der Waals surface area contributed by atoms with Gasteiger partial charge in [-0.25, -0.2) is 9.97 Å². The summed E-state index contributed by atoms with van der Waals surface area (Å²) in [5.41, 5.74) is 0.455. The van der Waals surface area contributed by atoms with Crippen molar-refractivity contribution in [2.75, 3.05) is 37.4 Å². The lowest BCUT2D eigenvalue weighted by Gasteiger charge is -2.17. The molecule has 2 aromatic rings. The third-order valence-corrected chi connectivity index (χ3v) is 3.82. The molecule has 2 N–H and O–H groups in total. The number of likely N-dealkylation sites (N-methyl/N-ethyl adjacent to an activating group) is 1. The Bertz CT molecular complexity index is 819. The number of para-hydroxylation sites is 1. The Morgan fingerprint density at radius 2 is 1.86 bits per heavy atom. The minimum absolute atomic E-state index is 0.0439. The number of esters is 1. The highest BCUT2D eigenvalue weighted by molar-refractivity contribution is 6.33. The van der Waals surface area contributed by atoms with Crippen molar-refractivity contribution in [1.82, 2.24) is 14.9 Å². The van der Waals surface area contributed by atoms with Crippen molar-refractivity contribution in [2.24, 2.45) is 0 Å². The second kappa shape index (κ2) is 10.8. The molecule has 0 unspecified atom stereocenters. The summed E-state index contributed by atoms with van der Waals surface area (Å²) in [7, 11) is 1.44. The zero-order chi connectivity index (χ0) is 20.4. The molecule has 0 fully saturated rings. The van der Waals surface area contributed by atoms with Gasteiger partial charge in [-0.2, -0.15) is 0 Å². The van der Waals surface area contributed by atoms with E-state index in [0.717, 1.165) is 4.90 Å². The number of hydrogen-bond donors (Lipinski definition) is 2. The first-order valence-corrected chi connectivity index (χ1v) is 8.78. The SMILES string of the molecule is CN(CC(=O)Nc1ccccc1Cl)C(=O)COC(=O)CCNc1ncccn1. The first kappa shape index (κ1) is 21.1. The minimum atomic E-state index is -0.550. The summed E-state index contributed by atoms with van der Waals surface area (Å²) in [6.07, 6.45) is 3.19. The predicted octanol–water partition coefficient (Wildman–Crippen LogP) is 1.57. The van der Waals surface area contributed by atoms with Crippen molar-refractivity contribution in [3.05, 3.63) is 47.7 Å². The summed E-state index contributed by atoms with van der Waals surface area (Å²) in [5.74, 6) is -1.06. The standard InChI is InChI=1S/C18H20ClN5O4/c1-24(11-15(25)23-14-6-3-2-5-13(14)19)16(26)12-28-17(27)7-10-22-18-20-8-4-9-21-18/h2-6,8-9H,7,10-12H2,1H3,(H,23,25)(H,20,21,22). The second-order valence-electron chi connectivity index (χ2n) is 5.69. The average molecular weight is 406 g/mol. The fourth-order valence-electron chi connectivity index (χ4n) is 2.05. The molecule has 0 radical (unpaired) electrons. The van der Waals surface area contributed by atoms with Crippen molar-refractivity contribution in [3.63, 3.8) is 0 Å². The maximum atomic E-state index is 12.0. The van der Waals surface area contributed by atoms with E-state index < -0.39 is 24.4 Å². The Hall–Kier alpha value is -3.20. The van der Waals surface area contributed by atoms with Crippen LogP contribution in [0.1, 0.15) is 6.42 Å². The quantitative estimate of drug-likeness (QED) is 0.608. The molecule has 1 heterocycles. The smallest absolute Gasteiger partial charge is 0.308 e. The largest absolute Gasteiger partial charge is 0.456 e. The van der Waals surface area contributed by atoms with Crippen LogP contribution in [-0.4, -0.2) is 59.4 Å². The summed E-state index contributed by atoms with van der Waals surface area (Å²) in [6, 6.07) is 8.44. The van der Waals surface area contributed by atoms with E-state index in [1.807, 2.05) is 0 Å². The highest BCUT2D eigenvalue weighted by atomic mass is 35.5. The molecule has 2 rings (SSSR count). The van der Waals surface area contributed by atoms with Gasteiger partial charge in [-0.15, -0.1) is 0 Å². The summed E-state index contributed by atoms with van der Waals surface area (Å²) >= 11 is 5.97. The van der Waals surface area contributed by atoms with E-state index in [2.05, 4.69) is 20.6 Å². The van der Waals surface area contributed by atoms with E-state index in [4.69, 9.17) is 16.3 Å². The molecule has 148 valence electrons. The molecule has 1 aromatic heterocycles. The van der Waals surface area contributed by atoms with Gasteiger partial charge in [-0.05, 0) is 18.2 Å². The number of carbonyl (C=O) groups excluding carboxylic acids is 3. The number of carbonyl (C=O) groups is 3. The van der Waals surface area contributed by atoms with Crippen LogP contribution in [0.15, 0.2) is 42.7 Å². The molecule has 0 bridgehead atoms. The van der Waals surface area contributed by atoms with Crippen molar-refractivity contribution >= 4 is 41.0 Å². The zero-order valence-electron chi connectivity index (χ0n) is 15.2. The van der Waals surface area contributed by atoms with Gasteiger partial charge in [-0.3, -0.25) is 14.4 Å². The number of amides is 2. The summed E-state index contributed by atoms with van der Waals surface area (Å²) in [6.45, 7) is -0.377. The first-order chi connectivity index (χ1) is 13.5. The van der Waals surface area contributed by atoms with Crippen LogP contribution in [-0.2, 0) is 19.1 Å². The molecule has 0 aliphatic carbocycles. The molecule has 0 saturated carbocycles. The van der Waals surface area contributed by atoms with Crippen LogP contribution in [0.4, 0.5) is 11.6 Å². The number of hydrogen-bond acceptors (Lipinski definition) is 7. The molecule has 0 saturated heterocycles. The normalized spacial score (nSPS) is 10.1. The first-order valence-electron chi connectivity index (χ1n) is 8.40. The van der Waals surface area contributed by atoms with Crippen LogP contribution in [0, 0.1) is 0 Å². The summed E-state index contributed by atoms with van der Waals surface area (Å²) < 4.78 is 4.92. The van der Waals surface area contributed by atoms with Gasteiger partial charge in [0.2, 0.25) is 11.9 Å². The number of aromatic nitrogens is 2. The Morgan fingerprint density at radius 1 is 1.14 bits per heavy atom. The van der Waals surface area contributed by atoms with Crippen LogP contribution in [0.3, 0.4) is 0 Å². The number of nitrogens with one attached hydrogen (secondary N) is 2.